The van der Waals surface area contributed by atoms with E-state index in [4.69, 9.17) is 5.73 Å². The first-order valence-corrected chi connectivity index (χ1v) is 3.13. The molecular formula is C6H12N4. The molecule has 4 nitrogen and oxygen atoms in total. The van der Waals surface area contributed by atoms with Gasteiger partial charge in [-0.15, -0.1) is 0 Å². The minimum absolute atomic E-state index is 0.730. The number of anilines is 1. The zero-order valence-corrected chi connectivity index (χ0v) is 6.26. The monoisotopic (exact) mass is 140 g/mol. The summed E-state index contributed by atoms with van der Waals surface area (Å²) in [5.41, 5.74) is 7.21. The fourth-order valence-electron chi connectivity index (χ4n) is 0.754. The third kappa shape index (κ3) is 1.48. The Hall–Kier alpha value is -1.03. The lowest BCUT2D eigenvalue weighted by atomic mass is 10.3. The summed E-state index contributed by atoms with van der Waals surface area (Å²) >= 11 is 0. The molecule has 0 unspecified atom stereocenters. The normalized spacial score (nSPS) is 10.7. The Balaban J connectivity index is 2.65. The summed E-state index contributed by atoms with van der Waals surface area (Å²) in [6, 6.07) is 0. The molecule has 0 amide bonds. The molecule has 0 radical (unpaired) electrons. The summed E-state index contributed by atoms with van der Waals surface area (Å²) in [5.74, 6) is 0. The highest BCUT2D eigenvalue weighted by atomic mass is 15.2. The van der Waals surface area contributed by atoms with Crippen LogP contribution < -0.4 is 5.73 Å². The molecule has 1 heterocycles. The van der Waals surface area contributed by atoms with E-state index in [2.05, 4.69) is 10.2 Å². The number of nitrogen functional groups attached to an aromatic ring is 1. The van der Waals surface area contributed by atoms with E-state index in [1.54, 1.807) is 6.20 Å². The topological polar surface area (TPSA) is 57.9 Å². The molecular weight excluding hydrogens is 128 g/mol. The number of nitrogens with zero attached hydrogens (tertiary/aromatic N) is 2. The van der Waals surface area contributed by atoms with Gasteiger partial charge in [-0.05, 0) is 14.1 Å². The Bertz CT molecular complexity index is 203. The molecule has 3 N–H and O–H groups in total. The van der Waals surface area contributed by atoms with Crippen LogP contribution in [0, 0.1) is 0 Å². The van der Waals surface area contributed by atoms with Gasteiger partial charge in [0.25, 0.3) is 0 Å². The van der Waals surface area contributed by atoms with Gasteiger partial charge in [0.2, 0.25) is 0 Å². The first-order valence-electron chi connectivity index (χ1n) is 3.13. The third-order valence-corrected chi connectivity index (χ3v) is 1.22. The Morgan fingerprint density at radius 1 is 1.70 bits per heavy atom. The van der Waals surface area contributed by atoms with Crippen LogP contribution in [-0.2, 0) is 6.54 Å². The van der Waals surface area contributed by atoms with Crippen molar-refractivity contribution in [3.05, 3.63) is 11.9 Å². The summed E-state index contributed by atoms with van der Waals surface area (Å²) in [6.07, 6.45) is 1.69. The van der Waals surface area contributed by atoms with Gasteiger partial charge in [-0.25, -0.2) is 0 Å². The number of H-pyrrole nitrogens is 1. The Labute approximate surface area is 60.0 Å². The molecule has 1 rings (SSSR count). The second-order valence-corrected chi connectivity index (χ2v) is 2.53. The second-order valence-electron chi connectivity index (χ2n) is 2.53. The maximum Gasteiger partial charge on any atom is 0.0990 e. The number of hydrogen-bond donors (Lipinski definition) is 2. The van der Waals surface area contributed by atoms with Crippen LogP contribution in [0.3, 0.4) is 0 Å². The molecule has 0 saturated heterocycles. The quantitative estimate of drug-likeness (QED) is 0.610. The molecule has 0 atom stereocenters. The van der Waals surface area contributed by atoms with E-state index in [9.17, 15) is 0 Å². The summed E-state index contributed by atoms with van der Waals surface area (Å²) in [4.78, 5) is 2.02. The molecule has 0 saturated carbocycles. The largest absolute Gasteiger partial charge is 0.396 e. The molecule has 0 bridgehead atoms. The van der Waals surface area contributed by atoms with Crippen molar-refractivity contribution in [1.82, 2.24) is 15.1 Å². The molecule has 1 aromatic rings. The van der Waals surface area contributed by atoms with E-state index in [-0.39, 0.29) is 0 Å². The van der Waals surface area contributed by atoms with Crippen molar-refractivity contribution in [2.45, 2.75) is 6.54 Å². The lowest BCUT2D eigenvalue weighted by Gasteiger charge is -2.06. The van der Waals surface area contributed by atoms with Crippen LogP contribution >= 0.6 is 0 Å². The highest BCUT2D eigenvalue weighted by Crippen LogP contribution is 2.06. The molecule has 0 aromatic carbocycles. The van der Waals surface area contributed by atoms with E-state index in [1.807, 2.05) is 19.0 Å². The highest BCUT2D eigenvalue weighted by Gasteiger charge is 2.01. The van der Waals surface area contributed by atoms with Gasteiger partial charge < -0.3 is 10.6 Å². The minimum Gasteiger partial charge on any atom is -0.396 e. The Kier molecular flexibility index (Phi) is 1.91. The molecule has 0 spiro atoms. The van der Waals surface area contributed by atoms with Crippen molar-refractivity contribution in [1.29, 1.82) is 0 Å². The van der Waals surface area contributed by atoms with Crippen LogP contribution in [0.2, 0.25) is 0 Å². The van der Waals surface area contributed by atoms with Gasteiger partial charge in [0, 0.05) is 12.7 Å². The number of nitrogens with two attached hydrogens (primary N) is 1. The lowest BCUT2D eigenvalue weighted by molar-refractivity contribution is 0.397. The fourth-order valence-corrected chi connectivity index (χ4v) is 0.754. The molecule has 56 valence electrons. The van der Waals surface area contributed by atoms with Crippen LogP contribution in [0.5, 0.6) is 0 Å². The second kappa shape index (κ2) is 2.70. The van der Waals surface area contributed by atoms with E-state index in [0.717, 1.165) is 17.9 Å². The SMILES string of the molecule is CN(C)Cc1n[nH]cc1N. The summed E-state index contributed by atoms with van der Waals surface area (Å²) in [5, 5.41) is 6.67. The molecule has 0 aliphatic rings. The van der Waals surface area contributed by atoms with E-state index in [0.29, 0.717) is 0 Å². The number of aromatic amines is 1. The van der Waals surface area contributed by atoms with Gasteiger partial charge in [0.15, 0.2) is 0 Å². The number of nitrogens with one attached hydrogen (secondary N) is 1. The zero-order valence-electron chi connectivity index (χ0n) is 6.26. The number of aromatic nitrogens is 2. The Morgan fingerprint density at radius 3 is 2.80 bits per heavy atom. The van der Waals surface area contributed by atoms with Crippen LogP contribution in [0.25, 0.3) is 0 Å². The molecule has 4 heteroatoms. The maximum atomic E-state index is 5.57. The summed E-state index contributed by atoms with van der Waals surface area (Å²) < 4.78 is 0. The van der Waals surface area contributed by atoms with Gasteiger partial charge in [0.05, 0.1) is 11.4 Å². The molecule has 0 aliphatic carbocycles. The third-order valence-electron chi connectivity index (χ3n) is 1.22. The standard InChI is InChI=1S/C6H12N4/c1-10(2)4-6-5(7)3-8-9-6/h3H,4,7H2,1-2H3,(H,8,9). The Morgan fingerprint density at radius 2 is 2.40 bits per heavy atom. The van der Waals surface area contributed by atoms with Crippen LogP contribution in [-0.4, -0.2) is 29.2 Å². The van der Waals surface area contributed by atoms with Crippen molar-refractivity contribution in [3.8, 4) is 0 Å². The predicted molar refractivity (Wildman–Crippen MR) is 40.4 cm³/mol. The van der Waals surface area contributed by atoms with Crippen LogP contribution in [0.1, 0.15) is 5.69 Å². The van der Waals surface area contributed by atoms with Gasteiger partial charge in [-0.3, -0.25) is 5.10 Å². The fraction of sp³-hybridized carbons (Fsp3) is 0.500. The van der Waals surface area contributed by atoms with Gasteiger partial charge in [0.1, 0.15) is 0 Å². The molecule has 0 fully saturated rings. The van der Waals surface area contributed by atoms with Crippen LogP contribution in [0.4, 0.5) is 5.69 Å². The van der Waals surface area contributed by atoms with Crippen molar-refractivity contribution < 1.29 is 0 Å². The number of rotatable bonds is 2. The number of hydrogen-bond acceptors (Lipinski definition) is 3. The first kappa shape index (κ1) is 7.08. The van der Waals surface area contributed by atoms with Crippen molar-refractivity contribution in [2.24, 2.45) is 0 Å². The molecule has 0 aliphatic heterocycles. The van der Waals surface area contributed by atoms with E-state index >= 15 is 0 Å². The van der Waals surface area contributed by atoms with Gasteiger partial charge >= 0.3 is 0 Å². The van der Waals surface area contributed by atoms with E-state index < -0.39 is 0 Å². The smallest absolute Gasteiger partial charge is 0.0990 e. The predicted octanol–water partition coefficient (Wildman–Crippen LogP) is 0.0535. The first-order chi connectivity index (χ1) is 4.70. The summed E-state index contributed by atoms with van der Waals surface area (Å²) in [7, 11) is 3.96. The molecule has 1 aromatic heterocycles. The minimum atomic E-state index is 0.730. The average Bonchev–Trinajstić information content (AvgIpc) is 2.15. The maximum absolute atomic E-state index is 5.57. The highest BCUT2D eigenvalue weighted by molar-refractivity contribution is 5.39. The van der Waals surface area contributed by atoms with Crippen LogP contribution in [0.15, 0.2) is 6.20 Å². The van der Waals surface area contributed by atoms with E-state index in [1.165, 1.54) is 0 Å². The van der Waals surface area contributed by atoms with Gasteiger partial charge in [-0.1, -0.05) is 0 Å². The molecule has 10 heavy (non-hydrogen) atoms. The lowest BCUT2D eigenvalue weighted by Crippen LogP contribution is -2.12. The zero-order chi connectivity index (χ0) is 7.56. The summed E-state index contributed by atoms with van der Waals surface area (Å²) in [6.45, 7) is 0.787. The average molecular weight is 140 g/mol. The van der Waals surface area contributed by atoms with Crippen molar-refractivity contribution in [2.75, 3.05) is 19.8 Å². The van der Waals surface area contributed by atoms with Crippen molar-refractivity contribution in [3.63, 3.8) is 0 Å². The van der Waals surface area contributed by atoms with Crippen molar-refractivity contribution >= 4 is 5.69 Å². The van der Waals surface area contributed by atoms with Gasteiger partial charge in [-0.2, -0.15) is 5.10 Å².